The van der Waals surface area contributed by atoms with Gasteiger partial charge in [-0.3, -0.25) is 10.1 Å². The Morgan fingerprint density at radius 3 is 2.82 bits per heavy atom. The van der Waals surface area contributed by atoms with Gasteiger partial charge in [-0.05, 0) is 24.3 Å². The van der Waals surface area contributed by atoms with Gasteiger partial charge in [-0.15, -0.1) is 10.2 Å². The lowest BCUT2D eigenvalue weighted by Crippen LogP contribution is -2.13. The van der Waals surface area contributed by atoms with Crippen LogP contribution < -0.4 is 5.32 Å². The summed E-state index contributed by atoms with van der Waals surface area (Å²) in [7, 11) is 0. The average molecular weight is 426 g/mol. The van der Waals surface area contributed by atoms with E-state index in [4.69, 9.17) is 14.1 Å². The molecule has 3 aromatic heterocycles. The lowest BCUT2D eigenvalue weighted by Gasteiger charge is -1.99. The van der Waals surface area contributed by atoms with E-state index in [2.05, 4.69) is 15.5 Å². The van der Waals surface area contributed by atoms with E-state index in [1.54, 1.807) is 30.5 Å². The maximum atomic E-state index is 12.5. The predicted molar refractivity (Wildman–Crippen MR) is 94.1 cm³/mol. The fourth-order valence-electron chi connectivity index (χ4n) is 1.87. The van der Waals surface area contributed by atoms with E-state index in [-0.39, 0.29) is 27.8 Å². The number of hydrogen-bond donors (Lipinski definition) is 1. The molecule has 3 heterocycles. The van der Waals surface area contributed by atoms with E-state index in [0.717, 1.165) is 5.76 Å². The molecular weight excluding hydrogens is 417 g/mol. The Hall–Kier alpha value is -3.04. The third-order valence-corrected chi connectivity index (χ3v) is 4.89. The number of anilines is 1. The van der Waals surface area contributed by atoms with Crippen LogP contribution in [0.1, 0.15) is 16.5 Å². The molecule has 3 aromatic rings. The van der Waals surface area contributed by atoms with Crippen LogP contribution >= 0.6 is 23.1 Å². The summed E-state index contributed by atoms with van der Waals surface area (Å²) < 4.78 is 48.3. The summed E-state index contributed by atoms with van der Waals surface area (Å²) in [5.41, 5.74) is -0.360. The fourth-order valence-corrected chi connectivity index (χ4v) is 3.24. The van der Waals surface area contributed by atoms with Crippen LogP contribution in [0.5, 0.6) is 0 Å². The number of aromatic nitrogens is 2. The van der Waals surface area contributed by atoms with Crippen molar-refractivity contribution in [1.29, 1.82) is 5.26 Å². The number of rotatable bonds is 6. The molecule has 1 N–H and O–H groups in total. The number of nitriles is 1. The second kappa shape index (κ2) is 8.32. The Bertz CT molecular complexity index is 1030. The van der Waals surface area contributed by atoms with E-state index in [9.17, 15) is 18.0 Å². The molecule has 0 aliphatic rings. The number of alkyl halides is 3. The molecule has 0 spiro atoms. The molecular formula is C16H9F3N4O3S2. The quantitative estimate of drug-likeness (QED) is 0.349. The number of hydrogen-bond acceptors (Lipinski definition) is 8. The molecule has 0 radical (unpaired) electrons. The van der Waals surface area contributed by atoms with Gasteiger partial charge in [0.1, 0.15) is 23.2 Å². The molecule has 0 bridgehead atoms. The second-order valence-electron chi connectivity index (χ2n) is 5.06. The molecule has 0 aliphatic heterocycles. The molecule has 28 heavy (non-hydrogen) atoms. The Morgan fingerprint density at radius 1 is 1.36 bits per heavy atom. The average Bonchev–Trinajstić information content (AvgIpc) is 3.38. The van der Waals surface area contributed by atoms with Gasteiger partial charge in [0, 0.05) is 6.08 Å². The van der Waals surface area contributed by atoms with Crippen LogP contribution in [0.2, 0.25) is 0 Å². The van der Waals surface area contributed by atoms with Crippen LogP contribution in [0.25, 0.3) is 6.08 Å². The van der Waals surface area contributed by atoms with Crippen molar-refractivity contribution in [1.82, 2.24) is 10.2 Å². The van der Waals surface area contributed by atoms with E-state index >= 15 is 0 Å². The summed E-state index contributed by atoms with van der Waals surface area (Å²) in [4.78, 5) is 12.1. The van der Waals surface area contributed by atoms with E-state index in [1.807, 2.05) is 6.07 Å². The number of nitrogens with zero attached hydrogens (tertiary/aromatic N) is 3. The monoisotopic (exact) mass is 426 g/mol. The number of furan rings is 2. The van der Waals surface area contributed by atoms with Gasteiger partial charge in [-0.1, -0.05) is 23.1 Å². The van der Waals surface area contributed by atoms with Gasteiger partial charge in [0.05, 0.1) is 12.0 Å². The Balaban J connectivity index is 1.65. The van der Waals surface area contributed by atoms with Crippen molar-refractivity contribution in [3.05, 3.63) is 52.6 Å². The highest BCUT2D eigenvalue weighted by atomic mass is 32.2. The molecule has 0 fully saturated rings. The normalized spacial score (nSPS) is 12.0. The van der Waals surface area contributed by atoms with Gasteiger partial charge in [0.25, 0.3) is 5.91 Å². The topological polar surface area (TPSA) is 105 Å². The minimum atomic E-state index is -4.66. The first kappa shape index (κ1) is 19.7. The highest BCUT2D eigenvalue weighted by molar-refractivity contribution is 7.98. The Labute approximate surface area is 163 Å². The first-order valence-electron chi connectivity index (χ1n) is 7.44. The highest BCUT2D eigenvalue weighted by Crippen LogP contribution is 2.33. The smallest absolute Gasteiger partial charge is 0.445 e. The first-order chi connectivity index (χ1) is 13.3. The second-order valence-corrected chi connectivity index (χ2v) is 7.02. The molecule has 7 nitrogen and oxygen atoms in total. The molecule has 0 atom stereocenters. The number of nitrogens with one attached hydrogen (secondary N) is 1. The maximum Gasteiger partial charge on any atom is 0.445 e. The van der Waals surface area contributed by atoms with Crippen molar-refractivity contribution in [2.45, 2.75) is 17.0 Å². The highest BCUT2D eigenvalue weighted by Gasteiger charge is 2.35. The third kappa shape index (κ3) is 5.02. The van der Waals surface area contributed by atoms with Crippen molar-refractivity contribution in [3.63, 3.8) is 0 Å². The Kier molecular flexibility index (Phi) is 5.86. The summed E-state index contributed by atoms with van der Waals surface area (Å²) in [6.07, 6.45) is -1.93. The summed E-state index contributed by atoms with van der Waals surface area (Å²) in [5, 5.41) is 16.4. The number of amides is 1. The molecule has 0 saturated carbocycles. The largest absolute Gasteiger partial charge is 0.468 e. The molecule has 0 aromatic carbocycles. The minimum absolute atomic E-state index is 0.160. The maximum absolute atomic E-state index is 12.5. The van der Waals surface area contributed by atoms with Gasteiger partial charge in [0.2, 0.25) is 10.1 Å². The van der Waals surface area contributed by atoms with E-state index < -0.39 is 17.1 Å². The van der Waals surface area contributed by atoms with Crippen LogP contribution in [0.15, 0.2) is 50.0 Å². The molecule has 3 rings (SSSR count). The third-order valence-electron chi connectivity index (χ3n) is 3.08. The summed E-state index contributed by atoms with van der Waals surface area (Å²) in [6, 6.07) is 8.47. The molecule has 12 heteroatoms. The van der Waals surface area contributed by atoms with Crippen molar-refractivity contribution in [2.24, 2.45) is 0 Å². The first-order valence-corrected chi connectivity index (χ1v) is 9.24. The zero-order chi connectivity index (χ0) is 20.1. The zero-order valence-corrected chi connectivity index (χ0v) is 15.3. The van der Waals surface area contributed by atoms with Gasteiger partial charge < -0.3 is 8.83 Å². The van der Waals surface area contributed by atoms with Gasteiger partial charge in [-0.2, -0.15) is 18.4 Å². The Morgan fingerprint density at radius 2 is 2.18 bits per heavy atom. The summed E-state index contributed by atoms with van der Waals surface area (Å²) in [6.45, 7) is 0. The van der Waals surface area contributed by atoms with E-state index in [1.165, 1.54) is 17.8 Å². The predicted octanol–water partition coefficient (Wildman–Crippen LogP) is 4.58. The van der Waals surface area contributed by atoms with Crippen LogP contribution in [-0.2, 0) is 16.7 Å². The van der Waals surface area contributed by atoms with Crippen LogP contribution in [0.4, 0.5) is 18.3 Å². The van der Waals surface area contributed by atoms with Crippen LogP contribution in [0, 0.1) is 11.3 Å². The van der Waals surface area contributed by atoms with Crippen molar-refractivity contribution in [3.8, 4) is 6.07 Å². The fraction of sp³-hybridized carbons (Fsp3) is 0.125. The van der Waals surface area contributed by atoms with Crippen molar-refractivity contribution >= 4 is 40.2 Å². The van der Waals surface area contributed by atoms with Gasteiger partial charge >= 0.3 is 6.18 Å². The molecule has 0 aliphatic carbocycles. The van der Waals surface area contributed by atoms with Gasteiger partial charge in [0.15, 0.2) is 5.09 Å². The van der Waals surface area contributed by atoms with Crippen molar-refractivity contribution in [2.75, 3.05) is 5.32 Å². The summed E-state index contributed by atoms with van der Waals surface area (Å²) >= 11 is 1.51. The number of carbonyl (C=O) groups excluding carboxylic acids is 1. The van der Waals surface area contributed by atoms with Crippen molar-refractivity contribution < 1.29 is 26.8 Å². The van der Waals surface area contributed by atoms with Crippen LogP contribution in [0.3, 0.4) is 0 Å². The standard InChI is InChI=1S/C16H9F3N4O3S2/c17-16(18,19)14-22-23-15(28-14)21-13(24)9(7-20)6-10-3-4-12(26-10)27-8-11-2-1-5-25-11/h1-6H,8H2,(H,21,23,24)/b9-6-. The number of halogens is 3. The lowest BCUT2D eigenvalue weighted by atomic mass is 10.2. The SMILES string of the molecule is N#C/C(=C/c1ccc(SCc2ccco2)o1)C(=O)Nc1nnc(C(F)(F)F)s1. The molecule has 144 valence electrons. The zero-order valence-electron chi connectivity index (χ0n) is 13.7. The molecule has 0 saturated heterocycles. The van der Waals surface area contributed by atoms with Gasteiger partial charge in [-0.25, -0.2) is 0 Å². The minimum Gasteiger partial charge on any atom is -0.468 e. The summed E-state index contributed by atoms with van der Waals surface area (Å²) in [5.74, 6) is 0.606. The van der Waals surface area contributed by atoms with E-state index in [0.29, 0.717) is 10.8 Å². The van der Waals surface area contributed by atoms with Crippen LogP contribution in [-0.4, -0.2) is 16.1 Å². The molecule has 1 amide bonds. The number of carbonyl (C=O) groups is 1. The lowest BCUT2D eigenvalue weighted by molar-refractivity contribution is -0.138. The number of thioether (sulfide) groups is 1. The molecule has 0 unspecified atom stereocenters.